The van der Waals surface area contributed by atoms with Crippen LogP contribution in [-0.2, 0) is 7.05 Å². The Bertz CT molecular complexity index is 1040. The van der Waals surface area contributed by atoms with E-state index in [0.29, 0.717) is 10.8 Å². The van der Waals surface area contributed by atoms with E-state index in [1.165, 1.54) is 16.9 Å². The minimum Gasteiger partial charge on any atom is -0.505 e. The minimum atomic E-state index is -0.793. The average molecular weight is 338 g/mol. The van der Waals surface area contributed by atoms with Gasteiger partial charge in [-0.2, -0.15) is 5.10 Å². The Kier molecular flexibility index (Phi) is 3.89. The van der Waals surface area contributed by atoms with Crippen LogP contribution >= 0.6 is 0 Å². The molecule has 1 heterocycles. The molecule has 0 radical (unpaired) electrons. The first-order valence-corrected chi connectivity index (χ1v) is 7.18. The quantitative estimate of drug-likeness (QED) is 0.622. The standard InChI is InChI=1S/C16H14N6O3/c1-22-16(11(7-19-22)15(18)25)21-20-12-9-5-3-2-4-8(9)6-10(13(12)23)14(17)24/h2-7,23H,1H3,(H2,17,24)(H2,18,25). The van der Waals surface area contributed by atoms with Gasteiger partial charge in [-0.3, -0.25) is 9.59 Å². The molecule has 0 bridgehead atoms. The number of hydrogen-bond donors (Lipinski definition) is 3. The van der Waals surface area contributed by atoms with Gasteiger partial charge in [0.05, 0.1) is 11.8 Å². The van der Waals surface area contributed by atoms with Crippen LogP contribution in [0.2, 0.25) is 0 Å². The van der Waals surface area contributed by atoms with Crippen LogP contribution in [0.5, 0.6) is 5.75 Å². The molecule has 126 valence electrons. The summed E-state index contributed by atoms with van der Waals surface area (Å²) in [6.45, 7) is 0. The summed E-state index contributed by atoms with van der Waals surface area (Å²) in [5.74, 6) is -1.77. The van der Waals surface area contributed by atoms with Crippen LogP contribution in [0.25, 0.3) is 10.8 Å². The summed E-state index contributed by atoms with van der Waals surface area (Å²) in [6.07, 6.45) is 1.27. The number of fused-ring (bicyclic) bond motifs is 1. The zero-order valence-electron chi connectivity index (χ0n) is 13.2. The van der Waals surface area contributed by atoms with Gasteiger partial charge in [-0.25, -0.2) is 4.68 Å². The number of azo groups is 1. The van der Waals surface area contributed by atoms with E-state index in [9.17, 15) is 14.7 Å². The molecule has 0 aliphatic rings. The molecule has 3 aromatic rings. The first-order chi connectivity index (χ1) is 11.9. The van der Waals surface area contributed by atoms with E-state index in [4.69, 9.17) is 11.5 Å². The number of rotatable bonds is 4. The van der Waals surface area contributed by atoms with E-state index in [1.807, 2.05) is 0 Å². The highest BCUT2D eigenvalue weighted by Gasteiger charge is 2.17. The first kappa shape index (κ1) is 16.1. The van der Waals surface area contributed by atoms with Gasteiger partial charge in [-0.15, -0.1) is 10.2 Å². The molecule has 5 N–H and O–H groups in total. The Balaban J connectivity index is 2.22. The van der Waals surface area contributed by atoms with Crippen LogP contribution < -0.4 is 11.5 Å². The number of nitrogens with zero attached hydrogens (tertiary/aromatic N) is 4. The second kappa shape index (κ2) is 6.04. The number of carbonyl (C=O) groups is 2. The molecule has 1 aromatic heterocycles. The van der Waals surface area contributed by atoms with Gasteiger partial charge in [0.1, 0.15) is 11.3 Å². The molecule has 0 spiro atoms. The lowest BCUT2D eigenvalue weighted by Crippen LogP contribution is -2.11. The highest BCUT2D eigenvalue weighted by molar-refractivity contribution is 6.06. The number of aromatic hydroxyl groups is 1. The van der Waals surface area contributed by atoms with Crippen molar-refractivity contribution in [1.82, 2.24) is 9.78 Å². The maximum atomic E-state index is 11.6. The van der Waals surface area contributed by atoms with Crippen molar-refractivity contribution in [3.05, 3.63) is 47.7 Å². The summed E-state index contributed by atoms with van der Waals surface area (Å²) in [7, 11) is 1.57. The fourth-order valence-corrected chi connectivity index (χ4v) is 2.43. The van der Waals surface area contributed by atoms with Crippen molar-refractivity contribution in [2.75, 3.05) is 0 Å². The number of carbonyl (C=O) groups excluding carboxylic acids is 2. The van der Waals surface area contributed by atoms with E-state index in [-0.39, 0.29) is 22.6 Å². The number of amides is 2. The predicted octanol–water partition coefficient (Wildman–Crippen LogP) is 1.89. The number of benzene rings is 2. The predicted molar refractivity (Wildman–Crippen MR) is 90.0 cm³/mol. The highest BCUT2D eigenvalue weighted by atomic mass is 16.3. The first-order valence-electron chi connectivity index (χ1n) is 7.18. The van der Waals surface area contributed by atoms with Gasteiger partial charge in [0.15, 0.2) is 11.6 Å². The van der Waals surface area contributed by atoms with Crippen molar-refractivity contribution in [3.8, 4) is 5.75 Å². The molecule has 0 aliphatic carbocycles. The van der Waals surface area contributed by atoms with Gasteiger partial charge in [0.2, 0.25) is 0 Å². The smallest absolute Gasteiger partial charge is 0.254 e. The Hall–Kier alpha value is -3.75. The van der Waals surface area contributed by atoms with Crippen molar-refractivity contribution >= 4 is 34.1 Å². The summed E-state index contributed by atoms with van der Waals surface area (Å²) < 4.78 is 1.32. The second-order valence-electron chi connectivity index (χ2n) is 5.28. The van der Waals surface area contributed by atoms with Crippen LogP contribution in [0.4, 0.5) is 11.5 Å². The molecule has 0 saturated carbocycles. The van der Waals surface area contributed by atoms with Crippen LogP contribution in [0.1, 0.15) is 20.7 Å². The van der Waals surface area contributed by atoms with E-state index in [1.54, 1.807) is 31.3 Å². The molecule has 3 rings (SSSR count). The topological polar surface area (TPSA) is 149 Å². The third-order valence-corrected chi connectivity index (χ3v) is 3.68. The number of primary amides is 2. The van der Waals surface area contributed by atoms with E-state index in [0.717, 1.165) is 0 Å². The highest BCUT2D eigenvalue weighted by Crippen LogP contribution is 2.39. The summed E-state index contributed by atoms with van der Waals surface area (Å²) in [5, 5.41) is 23.5. The zero-order chi connectivity index (χ0) is 18.1. The Morgan fingerprint density at radius 1 is 1.12 bits per heavy atom. The van der Waals surface area contributed by atoms with Crippen LogP contribution in [0.15, 0.2) is 46.8 Å². The van der Waals surface area contributed by atoms with Crippen LogP contribution in [-0.4, -0.2) is 26.7 Å². The molecule has 0 atom stereocenters. The van der Waals surface area contributed by atoms with Crippen molar-refractivity contribution in [2.24, 2.45) is 28.7 Å². The van der Waals surface area contributed by atoms with Gasteiger partial charge in [0.25, 0.3) is 11.8 Å². The van der Waals surface area contributed by atoms with Crippen molar-refractivity contribution in [2.45, 2.75) is 0 Å². The number of phenols is 1. The van der Waals surface area contributed by atoms with E-state index in [2.05, 4.69) is 15.3 Å². The normalized spacial score (nSPS) is 11.2. The van der Waals surface area contributed by atoms with Gasteiger partial charge in [-0.1, -0.05) is 24.3 Å². The molecule has 2 aromatic carbocycles. The fraction of sp³-hybridized carbons (Fsp3) is 0.0625. The van der Waals surface area contributed by atoms with Gasteiger partial charge >= 0.3 is 0 Å². The van der Waals surface area contributed by atoms with Crippen molar-refractivity contribution in [3.63, 3.8) is 0 Å². The van der Waals surface area contributed by atoms with E-state index < -0.39 is 17.6 Å². The summed E-state index contributed by atoms with van der Waals surface area (Å²) in [5.41, 5.74) is 10.7. The monoisotopic (exact) mass is 338 g/mol. The summed E-state index contributed by atoms with van der Waals surface area (Å²) in [4.78, 5) is 23.0. The summed E-state index contributed by atoms with van der Waals surface area (Å²) in [6, 6.07) is 8.47. The van der Waals surface area contributed by atoms with Gasteiger partial charge in [-0.05, 0) is 11.5 Å². The maximum absolute atomic E-state index is 11.6. The van der Waals surface area contributed by atoms with Gasteiger partial charge in [0, 0.05) is 12.4 Å². The second-order valence-corrected chi connectivity index (χ2v) is 5.28. The molecule has 0 unspecified atom stereocenters. The molecular weight excluding hydrogens is 324 g/mol. The largest absolute Gasteiger partial charge is 0.505 e. The molecule has 0 fully saturated rings. The molecule has 9 nitrogen and oxygen atoms in total. The Morgan fingerprint density at radius 2 is 1.80 bits per heavy atom. The molecule has 9 heteroatoms. The molecule has 0 aliphatic heterocycles. The fourth-order valence-electron chi connectivity index (χ4n) is 2.43. The summed E-state index contributed by atoms with van der Waals surface area (Å²) >= 11 is 0. The van der Waals surface area contributed by atoms with Gasteiger partial charge < -0.3 is 16.6 Å². The third kappa shape index (κ3) is 2.78. The Labute approximate surface area is 141 Å². The van der Waals surface area contributed by atoms with Crippen molar-refractivity contribution in [1.29, 1.82) is 0 Å². The third-order valence-electron chi connectivity index (χ3n) is 3.68. The number of hydrogen-bond acceptors (Lipinski definition) is 6. The lowest BCUT2D eigenvalue weighted by atomic mass is 10.0. The SMILES string of the molecule is Cn1ncc(C(N)=O)c1N=Nc1c(O)c(C(N)=O)cc2ccccc12. The number of aromatic nitrogens is 2. The van der Waals surface area contributed by atoms with E-state index >= 15 is 0 Å². The molecule has 2 amide bonds. The minimum absolute atomic E-state index is 0.0588. The maximum Gasteiger partial charge on any atom is 0.254 e. The zero-order valence-corrected chi connectivity index (χ0v) is 13.2. The Morgan fingerprint density at radius 3 is 2.48 bits per heavy atom. The molecule has 25 heavy (non-hydrogen) atoms. The molecular formula is C16H14N6O3. The van der Waals surface area contributed by atoms with Crippen LogP contribution in [0.3, 0.4) is 0 Å². The lowest BCUT2D eigenvalue weighted by Gasteiger charge is -2.08. The molecule has 0 saturated heterocycles. The lowest BCUT2D eigenvalue weighted by molar-refractivity contribution is 0.0990. The number of nitrogens with two attached hydrogens (primary N) is 2. The number of aryl methyl sites for hydroxylation is 1. The average Bonchev–Trinajstić information content (AvgIpc) is 2.94. The van der Waals surface area contributed by atoms with Crippen LogP contribution in [0, 0.1) is 0 Å². The van der Waals surface area contributed by atoms with Crippen molar-refractivity contribution < 1.29 is 14.7 Å².